The fourth-order valence-electron chi connectivity index (χ4n) is 1.86. The van der Waals surface area contributed by atoms with Crippen LogP contribution in [0.1, 0.15) is 23.0 Å². The predicted molar refractivity (Wildman–Crippen MR) is 92.9 cm³/mol. The molecule has 4 nitrogen and oxygen atoms in total. The molecule has 0 unspecified atom stereocenters. The van der Waals surface area contributed by atoms with Crippen molar-refractivity contribution in [2.75, 3.05) is 17.2 Å². The maximum absolute atomic E-state index is 12.5. The second-order valence-corrected chi connectivity index (χ2v) is 6.25. The third kappa shape index (κ3) is 4.04. The van der Waals surface area contributed by atoms with Crippen LogP contribution in [0.25, 0.3) is 0 Å². The van der Waals surface area contributed by atoms with E-state index in [-0.39, 0.29) is 5.91 Å². The smallest absolute Gasteiger partial charge is 0.259 e. The van der Waals surface area contributed by atoms with Gasteiger partial charge < -0.3 is 10.6 Å². The predicted octanol–water partition coefficient (Wildman–Crippen LogP) is 4.60. The molecule has 110 valence electrons. The minimum atomic E-state index is -0.197. The number of rotatable bonds is 4. The molecule has 2 N–H and O–H groups in total. The van der Waals surface area contributed by atoms with Crippen molar-refractivity contribution in [1.29, 1.82) is 0 Å². The van der Waals surface area contributed by atoms with Gasteiger partial charge in [-0.3, -0.25) is 9.78 Å². The maximum atomic E-state index is 12.5. The number of nitrogens with one attached hydrogen (secondary N) is 2. The van der Waals surface area contributed by atoms with Gasteiger partial charge in [0.2, 0.25) is 0 Å². The Morgan fingerprint density at radius 1 is 1.24 bits per heavy atom. The molecule has 1 heterocycles. The Morgan fingerprint density at radius 3 is 2.71 bits per heavy atom. The van der Waals surface area contributed by atoms with Crippen molar-refractivity contribution in [2.45, 2.75) is 13.8 Å². The van der Waals surface area contributed by atoms with Crippen molar-refractivity contribution in [2.24, 2.45) is 0 Å². The second kappa shape index (κ2) is 7.04. The van der Waals surface area contributed by atoms with Crippen molar-refractivity contribution >= 4 is 49.1 Å². The molecule has 21 heavy (non-hydrogen) atoms. The van der Waals surface area contributed by atoms with Gasteiger partial charge >= 0.3 is 0 Å². The first kappa shape index (κ1) is 16.0. The van der Waals surface area contributed by atoms with Crippen LogP contribution in [0.5, 0.6) is 0 Å². The van der Waals surface area contributed by atoms with E-state index in [2.05, 4.69) is 47.5 Å². The summed E-state index contributed by atoms with van der Waals surface area (Å²) in [6.07, 6.45) is 1.59. The monoisotopic (exact) mass is 411 g/mol. The summed E-state index contributed by atoms with van der Waals surface area (Å²) in [5.41, 5.74) is 2.88. The molecule has 0 atom stereocenters. The van der Waals surface area contributed by atoms with Crippen LogP contribution >= 0.6 is 31.9 Å². The first-order valence-corrected chi connectivity index (χ1v) is 8.06. The number of amides is 1. The van der Waals surface area contributed by atoms with Crippen LogP contribution in [-0.2, 0) is 0 Å². The van der Waals surface area contributed by atoms with E-state index in [1.807, 2.05) is 38.1 Å². The third-order valence-corrected chi connectivity index (χ3v) is 4.01. The number of aryl methyl sites for hydroxylation is 1. The SMILES string of the molecule is CCNc1cc(C)ncc1C(=O)Nc1cc(Br)ccc1Br. The normalized spacial score (nSPS) is 10.3. The highest BCUT2D eigenvalue weighted by molar-refractivity contribution is 9.11. The Bertz CT molecular complexity index is 674. The lowest BCUT2D eigenvalue weighted by atomic mass is 10.2. The molecule has 6 heteroatoms. The fourth-order valence-corrected chi connectivity index (χ4v) is 2.57. The van der Waals surface area contributed by atoms with Gasteiger partial charge in [0.25, 0.3) is 5.91 Å². The van der Waals surface area contributed by atoms with Crippen LogP contribution < -0.4 is 10.6 Å². The van der Waals surface area contributed by atoms with Gasteiger partial charge in [-0.25, -0.2) is 0 Å². The summed E-state index contributed by atoms with van der Waals surface area (Å²) in [7, 11) is 0. The maximum Gasteiger partial charge on any atom is 0.259 e. The number of benzene rings is 1. The molecule has 0 saturated carbocycles. The van der Waals surface area contributed by atoms with Gasteiger partial charge in [-0.05, 0) is 54.0 Å². The number of anilines is 2. The van der Waals surface area contributed by atoms with Crippen LogP contribution in [0.3, 0.4) is 0 Å². The number of hydrogen-bond acceptors (Lipinski definition) is 3. The van der Waals surface area contributed by atoms with E-state index >= 15 is 0 Å². The van der Waals surface area contributed by atoms with E-state index in [4.69, 9.17) is 0 Å². The third-order valence-electron chi connectivity index (χ3n) is 2.83. The van der Waals surface area contributed by atoms with E-state index in [0.717, 1.165) is 26.9 Å². The zero-order valence-corrected chi connectivity index (χ0v) is 14.9. The molecule has 0 aliphatic heterocycles. The summed E-state index contributed by atoms with van der Waals surface area (Å²) in [4.78, 5) is 16.7. The zero-order chi connectivity index (χ0) is 15.4. The molecule has 0 saturated heterocycles. The van der Waals surface area contributed by atoms with E-state index in [9.17, 15) is 4.79 Å². The van der Waals surface area contributed by atoms with Crippen LogP contribution in [0.2, 0.25) is 0 Å². The summed E-state index contributed by atoms with van der Waals surface area (Å²) < 4.78 is 1.72. The molecule has 0 aliphatic rings. The van der Waals surface area contributed by atoms with Gasteiger partial charge in [0.05, 0.1) is 16.9 Å². The number of pyridine rings is 1. The number of hydrogen-bond donors (Lipinski definition) is 2. The molecule has 1 aromatic carbocycles. The zero-order valence-electron chi connectivity index (χ0n) is 11.7. The largest absolute Gasteiger partial charge is 0.385 e. The van der Waals surface area contributed by atoms with E-state index in [1.54, 1.807) is 6.20 Å². The van der Waals surface area contributed by atoms with Gasteiger partial charge in [0, 0.05) is 27.4 Å². The van der Waals surface area contributed by atoms with Crippen LogP contribution in [0.4, 0.5) is 11.4 Å². The Labute approximate surface area is 140 Å². The molecule has 0 fully saturated rings. The molecular formula is C15H15Br2N3O. The minimum absolute atomic E-state index is 0.197. The molecule has 2 aromatic rings. The number of carbonyl (C=O) groups excluding carboxylic acids is 1. The van der Waals surface area contributed by atoms with Gasteiger partial charge in [0.1, 0.15) is 0 Å². The van der Waals surface area contributed by atoms with Crippen molar-refractivity contribution < 1.29 is 4.79 Å². The number of nitrogens with zero attached hydrogens (tertiary/aromatic N) is 1. The molecule has 0 radical (unpaired) electrons. The van der Waals surface area contributed by atoms with Gasteiger partial charge in [-0.15, -0.1) is 0 Å². The number of halogens is 2. The highest BCUT2D eigenvalue weighted by Gasteiger charge is 2.14. The van der Waals surface area contributed by atoms with Gasteiger partial charge in [0.15, 0.2) is 0 Å². The molecule has 0 spiro atoms. The summed E-state index contributed by atoms with van der Waals surface area (Å²) >= 11 is 6.82. The summed E-state index contributed by atoms with van der Waals surface area (Å²) in [5.74, 6) is -0.197. The Morgan fingerprint density at radius 2 is 2.00 bits per heavy atom. The highest BCUT2D eigenvalue weighted by atomic mass is 79.9. The van der Waals surface area contributed by atoms with Crippen molar-refractivity contribution in [3.05, 3.63) is 50.7 Å². The fraction of sp³-hybridized carbons (Fsp3) is 0.200. The van der Waals surface area contributed by atoms with Crippen molar-refractivity contribution in [3.63, 3.8) is 0 Å². The van der Waals surface area contributed by atoms with Gasteiger partial charge in [-0.2, -0.15) is 0 Å². The van der Waals surface area contributed by atoms with Crippen molar-refractivity contribution in [3.8, 4) is 0 Å². The quantitative estimate of drug-likeness (QED) is 0.771. The number of carbonyl (C=O) groups is 1. The number of aromatic nitrogens is 1. The summed E-state index contributed by atoms with van der Waals surface area (Å²) in [5, 5.41) is 6.08. The van der Waals surface area contributed by atoms with Crippen LogP contribution in [0.15, 0.2) is 39.4 Å². The molecule has 0 aliphatic carbocycles. The average Bonchev–Trinajstić information content (AvgIpc) is 2.43. The van der Waals surface area contributed by atoms with E-state index in [1.165, 1.54) is 0 Å². The molecule has 0 bridgehead atoms. The topological polar surface area (TPSA) is 54.0 Å². The lowest BCUT2D eigenvalue weighted by Crippen LogP contribution is -2.16. The second-order valence-electron chi connectivity index (χ2n) is 4.48. The first-order chi connectivity index (χ1) is 10.0. The average molecular weight is 413 g/mol. The lowest BCUT2D eigenvalue weighted by Gasteiger charge is -2.12. The highest BCUT2D eigenvalue weighted by Crippen LogP contribution is 2.27. The lowest BCUT2D eigenvalue weighted by molar-refractivity contribution is 0.102. The molecule has 1 aromatic heterocycles. The Balaban J connectivity index is 2.30. The van der Waals surface area contributed by atoms with Crippen LogP contribution in [0, 0.1) is 6.92 Å². The first-order valence-electron chi connectivity index (χ1n) is 6.48. The molecule has 2 rings (SSSR count). The standard InChI is InChI=1S/C15H15Br2N3O/c1-3-18-13-6-9(2)19-8-11(13)15(21)20-14-7-10(16)4-5-12(14)17/h4-8H,3H2,1-2H3,(H,18,19)(H,20,21). The van der Waals surface area contributed by atoms with Gasteiger partial charge in [-0.1, -0.05) is 15.9 Å². The summed E-state index contributed by atoms with van der Waals surface area (Å²) in [6.45, 7) is 4.63. The van der Waals surface area contributed by atoms with Crippen molar-refractivity contribution in [1.82, 2.24) is 4.98 Å². The van der Waals surface area contributed by atoms with E-state index in [0.29, 0.717) is 11.3 Å². The van der Waals surface area contributed by atoms with E-state index < -0.39 is 0 Å². The summed E-state index contributed by atoms with van der Waals surface area (Å²) in [6, 6.07) is 7.49. The molecule has 1 amide bonds. The minimum Gasteiger partial charge on any atom is -0.385 e. The van der Waals surface area contributed by atoms with Crippen LogP contribution in [-0.4, -0.2) is 17.4 Å². The Kier molecular flexibility index (Phi) is 5.36. The molecular weight excluding hydrogens is 398 g/mol. The Hall–Kier alpha value is -1.40.